The Morgan fingerprint density at radius 3 is 2.48 bits per heavy atom. The summed E-state index contributed by atoms with van der Waals surface area (Å²) in [5.74, 6) is -0.280. The van der Waals surface area contributed by atoms with Gasteiger partial charge in [0.15, 0.2) is 0 Å². The van der Waals surface area contributed by atoms with Crippen LogP contribution in [0.15, 0.2) is 53.6 Å². The number of benzene rings is 2. The molecule has 1 amide bonds. The maximum absolute atomic E-state index is 13.5. The molecule has 0 aromatic heterocycles. The maximum atomic E-state index is 13.5. The maximum Gasteiger partial charge on any atom is 0.243 e. The predicted molar refractivity (Wildman–Crippen MR) is 98.1 cm³/mol. The molecule has 0 heterocycles. The molecule has 1 saturated carbocycles. The topological polar surface area (TPSA) is 41.5 Å². The standard InChI is InChI=1S/C21H23FN2O/c1-21(2,3)16-10-8-14(9-11-16)17-12-18(17)20(25)24-23-13-15-6-4-5-7-19(15)22/h4-11,13,17-18H,12H2,1-3H3,(H,24,25)/t17-,18-/m1/s1. The molecule has 0 bridgehead atoms. The summed E-state index contributed by atoms with van der Waals surface area (Å²) in [5, 5.41) is 3.87. The lowest BCUT2D eigenvalue weighted by atomic mass is 9.86. The van der Waals surface area contributed by atoms with Gasteiger partial charge < -0.3 is 0 Å². The number of halogens is 1. The fourth-order valence-corrected chi connectivity index (χ4v) is 2.91. The van der Waals surface area contributed by atoms with Crippen LogP contribution in [0.4, 0.5) is 4.39 Å². The van der Waals surface area contributed by atoms with Gasteiger partial charge >= 0.3 is 0 Å². The third-order valence-corrected chi connectivity index (χ3v) is 4.62. The minimum absolute atomic E-state index is 0.0572. The van der Waals surface area contributed by atoms with Crippen LogP contribution in [0.1, 0.15) is 49.8 Å². The monoisotopic (exact) mass is 338 g/mol. The molecule has 130 valence electrons. The number of amides is 1. The molecule has 3 nitrogen and oxygen atoms in total. The Bertz CT molecular complexity index is 790. The lowest BCUT2D eigenvalue weighted by Crippen LogP contribution is -2.20. The number of nitrogens with one attached hydrogen (secondary N) is 1. The summed E-state index contributed by atoms with van der Waals surface area (Å²) in [6.45, 7) is 6.55. The van der Waals surface area contributed by atoms with Gasteiger partial charge in [0, 0.05) is 11.5 Å². The molecule has 2 aromatic carbocycles. The largest absolute Gasteiger partial charge is 0.273 e. The van der Waals surface area contributed by atoms with Crippen molar-refractivity contribution in [1.29, 1.82) is 0 Å². The number of rotatable bonds is 4. The molecule has 0 saturated heterocycles. The highest BCUT2D eigenvalue weighted by atomic mass is 19.1. The molecular formula is C21H23FN2O. The zero-order chi connectivity index (χ0) is 18.0. The Morgan fingerprint density at radius 2 is 1.84 bits per heavy atom. The van der Waals surface area contributed by atoms with Gasteiger partial charge in [-0.3, -0.25) is 4.79 Å². The van der Waals surface area contributed by atoms with Gasteiger partial charge in [0.1, 0.15) is 5.82 Å². The molecule has 0 radical (unpaired) electrons. The van der Waals surface area contributed by atoms with E-state index in [0.717, 1.165) is 6.42 Å². The van der Waals surface area contributed by atoms with Crippen molar-refractivity contribution in [2.24, 2.45) is 11.0 Å². The lowest BCUT2D eigenvalue weighted by molar-refractivity contribution is -0.122. The SMILES string of the molecule is CC(C)(C)c1ccc([C@H]2C[C@H]2C(=O)NN=Cc2ccccc2F)cc1. The minimum Gasteiger partial charge on any atom is -0.273 e. The Hall–Kier alpha value is -2.49. The predicted octanol–water partition coefficient (Wildman–Crippen LogP) is 4.38. The molecule has 1 N–H and O–H groups in total. The van der Waals surface area contributed by atoms with E-state index in [4.69, 9.17) is 0 Å². The van der Waals surface area contributed by atoms with Crippen molar-refractivity contribution in [3.63, 3.8) is 0 Å². The summed E-state index contributed by atoms with van der Waals surface area (Å²) in [7, 11) is 0. The van der Waals surface area contributed by atoms with Crippen molar-refractivity contribution in [3.05, 3.63) is 71.0 Å². The zero-order valence-corrected chi connectivity index (χ0v) is 14.8. The summed E-state index contributed by atoms with van der Waals surface area (Å²) in [4.78, 5) is 12.2. The van der Waals surface area contributed by atoms with E-state index in [9.17, 15) is 9.18 Å². The summed E-state index contributed by atoms with van der Waals surface area (Å²) in [6, 6.07) is 14.8. The average molecular weight is 338 g/mol. The van der Waals surface area contributed by atoms with Crippen molar-refractivity contribution in [2.75, 3.05) is 0 Å². The van der Waals surface area contributed by atoms with Gasteiger partial charge in [-0.25, -0.2) is 9.82 Å². The smallest absolute Gasteiger partial charge is 0.243 e. The summed E-state index contributed by atoms with van der Waals surface area (Å²) in [5.41, 5.74) is 5.47. The van der Waals surface area contributed by atoms with Crippen LogP contribution >= 0.6 is 0 Å². The molecule has 3 rings (SSSR count). The highest BCUT2D eigenvalue weighted by Gasteiger charge is 2.43. The van der Waals surface area contributed by atoms with Crippen molar-refractivity contribution in [3.8, 4) is 0 Å². The Kier molecular flexibility index (Phi) is 4.71. The molecule has 1 aliphatic carbocycles. The Morgan fingerprint density at radius 1 is 1.16 bits per heavy atom. The van der Waals surface area contributed by atoms with Gasteiger partial charge in [0.05, 0.1) is 6.21 Å². The summed E-state index contributed by atoms with van der Waals surface area (Å²) >= 11 is 0. The van der Waals surface area contributed by atoms with E-state index in [2.05, 4.69) is 55.6 Å². The van der Waals surface area contributed by atoms with Crippen LogP contribution in [0.25, 0.3) is 0 Å². The van der Waals surface area contributed by atoms with E-state index in [0.29, 0.717) is 5.56 Å². The van der Waals surface area contributed by atoms with Crippen LogP contribution < -0.4 is 5.43 Å². The van der Waals surface area contributed by atoms with E-state index in [1.165, 1.54) is 23.4 Å². The van der Waals surface area contributed by atoms with Gasteiger partial charge in [-0.2, -0.15) is 5.10 Å². The van der Waals surface area contributed by atoms with Gasteiger partial charge in [-0.1, -0.05) is 63.2 Å². The Balaban J connectivity index is 1.56. The third kappa shape index (κ3) is 4.13. The average Bonchev–Trinajstić information content (AvgIpc) is 3.37. The van der Waals surface area contributed by atoms with Gasteiger partial charge in [-0.15, -0.1) is 0 Å². The zero-order valence-electron chi connectivity index (χ0n) is 14.8. The highest BCUT2D eigenvalue weighted by molar-refractivity contribution is 5.85. The molecular weight excluding hydrogens is 315 g/mol. The number of hydrogen-bond acceptors (Lipinski definition) is 2. The van der Waals surface area contributed by atoms with E-state index in [1.807, 2.05) is 0 Å². The first-order chi connectivity index (χ1) is 11.9. The van der Waals surface area contributed by atoms with Crippen LogP contribution in [-0.2, 0) is 10.2 Å². The molecule has 2 atom stereocenters. The van der Waals surface area contributed by atoms with Crippen molar-refractivity contribution >= 4 is 12.1 Å². The van der Waals surface area contributed by atoms with Crippen LogP contribution in [0.5, 0.6) is 0 Å². The van der Waals surface area contributed by atoms with Crippen molar-refractivity contribution < 1.29 is 9.18 Å². The van der Waals surface area contributed by atoms with Gasteiger partial charge in [0.2, 0.25) is 5.91 Å². The molecule has 25 heavy (non-hydrogen) atoms. The number of nitrogens with zero attached hydrogens (tertiary/aromatic N) is 1. The number of carbonyl (C=O) groups is 1. The molecule has 1 aliphatic rings. The number of hydrazone groups is 1. The Labute approximate surface area is 148 Å². The fraction of sp³-hybridized carbons (Fsp3) is 0.333. The van der Waals surface area contributed by atoms with E-state index < -0.39 is 0 Å². The third-order valence-electron chi connectivity index (χ3n) is 4.62. The van der Waals surface area contributed by atoms with Crippen LogP contribution in [0.3, 0.4) is 0 Å². The van der Waals surface area contributed by atoms with E-state index in [1.54, 1.807) is 18.2 Å². The number of carbonyl (C=O) groups excluding carboxylic acids is 1. The van der Waals surface area contributed by atoms with Gasteiger partial charge in [-0.05, 0) is 34.9 Å². The van der Waals surface area contributed by atoms with E-state index in [-0.39, 0.29) is 29.0 Å². The van der Waals surface area contributed by atoms with Gasteiger partial charge in [0.25, 0.3) is 0 Å². The van der Waals surface area contributed by atoms with Crippen LogP contribution in [0.2, 0.25) is 0 Å². The first kappa shape index (κ1) is 17.3. The molecule has 0 spiro atoms. The first-order valence-electron chi connectivity index (χ1n) is 8.54. The molecule has 0 unspecified atom stereocenters. The fourth-order valence-electron chi connectivity index (χ4n) is 2.91. The second-order valence-corrected chi connectivity index (χ2v) is 7.58. The molecule has 1 fully saturated rings. The highest BCUT2D eigenvalue weighted by Crippen LogP contribution is 2.47. The summed E-state index contributed by atoms with van der Waals surface area (Å²) < 4.78 is 13.5. The molecule has 0 aliphatic heterocycles. The van der Waals surface area contributed by atoms with Crippen LogP contribution in [-0.4, -0.2) is 12.1 Å². The molecule has 4 heteroatoms. The minimum atomic E-state index is -0.358. The van der Waals surface area contributed by atoms with Crippen molar-refractivity contribution in [1.82, 2.24) is 5.43 Å². The second kappa shape index (κ2) is 6.79. The normalized spacial score (nSPS) is 19.8. The number of hydrogen-bond donors (Lipinski definition) is 1. The van der Waals surface area contributed by atoms with Crippen LogP contribution in [0, 0.1) is 11.7 Å². The molecule has 2 aromatic rings. The lowest BCUT2D eigenvalue weighted by Gasteiger charge is -2.19. The second-order valence-electron chi connectivity index (χ2n) is 7.58. The first-order valence-corrected chi connectivity index (χ1v) is 8.54. The quantitative estimate of drug-likeness (QED) is 0.652. The van der Waals surface area contributed by atoms with E-state index >= 15 is 0 Å². The summed E-state index contributed by atoms with van der Waals surface area (Å²) in [6.07, 6.45) is 2.17. The van der Waals surface area contributed by atoms with Crippen molar-refractivity contribution in [2.45, 2.75) is 38.5 Å².